The maximum absolute atomic E-state index is 8.95. The molecular weight excluding hydrogens is 294 g/mol. The zero-order chi connectivity index (χ0) is 17.4. The van der Waals surface area contributed by atoms with Gasteiger partial charge in [-0.3, -0.25) is 0 Å². The minimum absolute atomic E-state index is 0.231. The van der Waals surface area contributed by atoms with E-state index < -0.39 is 0 Å². The lowest BCUT2D eigenvalue weighted by molar-refractivity contribution is 0.475. The van der Waals surface area contributed by atoms with Crippen LogP contribution in [0.25, 0.3) is 11.1 Å². The van der Waals surface area contributed by atoms with Gasteiger partial charge in [0, 0.05) is 11.8 Å². The number of phenolic OH excluding ortho intramolecular Hbond substituents is 1. The average Bonchev–Trinajstić information content (AvgIpc) is 2.63. The maximum atomic E-state index is 8.95. The summed E-state index contributed by atoms with van der Waals surface area (Å²) in [7, 11) is 0. The van der Waals surface area contributed by atoms with E-state index in [-0.39, 0.29) is 5.75 Å². The molecule has 24 heavy (non-hydrogen) atoms. The lowest BCUT2D eigenvalue weighted by Crippen LogP contribution is -1.90. The van der Waals surface area contributed by atoms with Gasteiger partial charge in [-0.15, -0.1) is 0 Å². The zero-order valence-electron chi connectivity index (χ0n) is 14.4. The van der Waals surface area contributed by atoms with Gasteiger partial charge in [0.15, 0.2) is 0 Å². The van der Waals surface area contributed by atoms with Gasteiger partial charge >= 0.3 is 0 Å². The van der Waals surface area contributed by atoms with Crippen LogP contribution in [0.3, 0.4) is 0 Å². The monoisotopic (exact) mass is 319 g/mol. The highest BCUT2D eigenvalue weighted by molar-refractivity contribution is 5.63. The Morgan fingerprint density at radius 1 is 0.750 bits per heavy atom. The molecule has 2 nitrogen and oxygen atoms in total. The predicted octanol–water partition coefficient (Wildman–Crippen LogP) is 5.45. The molecule has 0 aliphatic heterocycles. The van der Waals surface area contributed by atoms with Crippen molar-refractivity contribution in [3.8, 4) is 16.9 Å². The molecule has 0 heterocycles. The quantitative estimate of drug-likeness (QED) is 0.630. The molecule has 0 saturated heterocycles. The van der Waals surface area contributed by atoms with Crippen molar-refractivity contribution in [1.82, 2.24) is 0 Å². The fraction of sp³-hybridized carbons (Fsp3) is 0.182. The van der Waals surface area contributed by atoms with Crippen molar-refractivity contribution in [2.75, 3.05) is 5.73 Å². The van der Waals surface area contributed by atoms with Crippen LogP contribution in [-0.2, 0) is 12.8 Å². The van der Waals surface area contributed by atoms with Gasteiger partial charge in [-0.25, -0.2) is 0 Å². The lowest BCUT2D eigenvalue weighted by Gasteiger charge is -2.02. The van der Waals surface area contributed by atoms with E-state index in [4.69, 9.17) is 10.8 Å². The Hall–Kier alpha value is -2.74. The molecule has 0 amide bonds. The van der Waals surface area contributed by atoms with E-state index >= 15 is 0 Å². The molecule has 0 saturated carbocycles. The standard InChI is InChI=1S/C14H14.C8H11NO/c1-2-12-8-10-14(11-9-12)13-6-4-3-5-7-13;1-2-6-3-4-7(10)5-8(6)9/h3-11H,2H2,1H3;3-5,10H,2,9H2,1H3. The first-order chi connectivity index (χ1) is 11.6. The number of phenols is 1. The Labute approximate surface area is 144 Å². The van der Waals surface area contributed by atoms with Crippen LogP contribution in [0.15, 0.2) is 72.8 Å². The molecule has 3 N–H and O–H groups in total. The fourth-order valence-corrected chi connectivity index (χ4v) is 2.47. The summed E-state index contributed by atoms with van der Waals surface area (Å²) in [6, 6.07) is 24.3. The first kappa shape index (κ1) is 17.6. The normalized spacial score (nSPS) is 9.92. The third-order valence-electron chi connectivity index (χ3n) is 3.98. The van der Waals surface area contributed by atoms with Crippen molar-refractivity contribution in [2.24, 2.45) is 0 Å². The average molecular weight is 319 g/mol. The van der Waals surface area contributed by atoms with E-state index in [2.05, 4.69) is 55.5 Å². The Balaban J connectivity index is 0.000000185. The van der Waals surface area contributed by atoms with Crippen LogP contribution in [0.5, 0.6) is 5.75 Å². The summed E-state index contributed by atoms with van der Waals surface area (Å²) in [4.78, 5) is 0. The van der Waals surface area contributed by atoms with Crippen molar-refractivity contribution >= 4 is 5.69 Å². The van der Waals surface area contributed by atoms with Gasteiger partial charge in [0.1, 0.15) is 5.75 Å². The summed E-state index contributed by atoms with van der Waals surface area (Å²) in [6.45, 7) is 4.21. The highest BCUT2D eigenvalue weighted by Gasteiger charge is 1.96. The second-order valence-corrected chi connectivity index (χ2v) is 5.65. The van der Waals surface area contributed by atoms with Crippen LogP contribution >= 0.6 is 0 Å². The van der Waals surface area contributed by atoms with Crippen LogP contribution in [0, 0.1) is 0 Å². The van der Waals surface area contributed by atoms with Crippen molar-refractivity contribution in [3.05, 3.63) is 83.9 Å². The third kappa shape index (κ3) is 4.88. The van der Waals surface area contributed by atoms with Crippen molar-refractivity contribution < 1.29 is 5.11 Å². The maximum Gasteiger partial charge on any atom is 0.117 e. The van der Waals surface area contributed by atoms with Crippen LogP contribution in [0.1, 0.15) is 25.0 Å². The van der Waals surface area contributed by atoms with Crippen LogP contribution in [0.2, 0.25) is 0 Å². The molecule has 0 aliphatic rings. The summed E-state index contributed by atoms with van der Waals surface area (Å²) in [5, 5.41) is 8.95. The molecule has 3 rings (SSSR count). The number of benzene rings is 3. The SMILES string of the molecule is CCc1ccc(-c2ccccc2)cc1.CCc1ccc(O)cc1N. The number of hydrogen-bond donors (Lipinski definition) is 2. The number of nitrogens with two attached hydrogens (primary N) is 1. The summed E-state index contributed by atoms with van der Waals surface area (Å²) in [5.74, 6) is 0.231. The molecule has 3 aromatic rings. The smallest absolute Gasteiger partial charge is 0.117 e. The van der Waals surface area contributed by atoms with Gasteiger partial charge in [0.25, 0.3) is 0 Å². The Bertz CT molecular complexity index is 749. The van der Waals surface area contributed by atoms with Crippen LogP contribution in [-0.4, -0.2) is 5.11 Å². The third-order valence-corrected chi connectivity index (χ3v) is 3.98. The van der Waals surface area contributed by atoms with E-state index in [1.54, 1.807) is 12.1 Å². The zero-order valence-corrected chi connectivity index (χ0v) is 14.4. The number of aryl methyl sites for hydroxylation is 2. The van der Waals surface area contributed by atoms with Gasteiger partial charge in [-0.05, 0) is 41.2 Å². The van der Waals surface area contributed by atoms with Gasteiger partial charge in [0.05, 0.1) is 0 Å². The van der Waals surface area contributed by atoms with E-state index in [0.717, 1.165) is 18.4 Å². The van der Waals surface area contributed by atoms with Gasteiger partial charge in [-0.2, -0.15) is 0 Å². The first-order valence-corrected chi connectivity index (χ1v) is 8.35. The highest BCUT2D eigenvalue weighted by atomic mass is 16.3. The minimum Gasteiger partial charge on any atom is -0.508 e. The molecule has 0 fully saturated rings. The molecule has 0 aromatic heterocycles. The van der Waals surface area contributed by atoms with E-state index in [0.29, 0.717) is 5.69 Å². The molecule has 0 spiro atoms. The lowest BCUT2D eigenvalue weighted by atomic mass is 10.0. The predicted molar refractivity (Wildman–Crippen MR) is 103 cm³/mol. The largest absolute Gasteiger partial charge is 0.508 e. The van der Waals surface area contributed by atoms with Crippen LogP contribution < -0.4 is 5.73 Å². The Morgan fingerprint density at radius 3 is 1.92 bits per heavy atom. The first-order valence-electron chi connectivity index (χ1n) is 8.35. The molecule has 2 heteroatoms. The molecule has 0 aliphatic carbocycles. The summed E-state index contributed by atoms with van der Waals surface area (Å²) < 4.78 is 0. The number of rotatable bonds is 3. The molecule has 0 atom stereocenters. The molecule has 0 radical (unpaired) electrons. The van der Waals surface area contributed by atoms with E-state index in [9.17, 15) is 0 Å². The Morgan fingerprint density at radius 2 is 1.38 bits per heavy atom. The number of anilines is 1. The van der Waals surface area contributed by atoms with Gasteiger partial charge in [0.2, 0.25) is 0 Å². The van der Waals surface area contributed by atoms with Crippen molar-refractivity contribution in [3.63, 3.8) is 0 Å². The van der Waals surface area contributed by atoms with Crippen molar-refractivity contribution in [2.45, 2.75) is 26.7 Å². The molecule has 0 bridgehead atoms. The van der Waals surface area contributed by atoms with E-state index in [1.165, 1.54) is 16.7 Å². The second kappa shape index (κ2) is 8.78. The van der Waals surface area contributed by atoms with Crippen molar-refractivity contribution in [1.29, 1.82) is 0 Å². The molecule has 124 valence electrons. The second-order valence-electron chi connectivity index (χ2n) is 5.65. The Kier molecular flexibility index (Phi) is 6.44. The van der Waals surface area contributed by atoms with Crippen LogP contribution in [0.4, 0.5) is 5.69 Å². The van der Waals surface area contributed by atoms with E-state index in [1.807, 2.05) is 19.1 Å². The number of aromatic hydroxyl groups is 1. The molecule has 0 unspecified atom stereocenters. The number of nitrogen functional groups attached to an aromatic ring is 1. The van der Waals surface area contributed by atoms with Gasteiger partial charge in [-0.1, -0.05) is 74.5 Å². The molecular formula is C22H25NO. The molecule has 3 aromatic carbocycles. The summed E-state index contributed by atoms with van der Waals surface area (Å²) >= 11 is 0. The topological polar surface area (TPSA) is 46.2 Å². The highest BCUT2D eigenvalue weighted by Crippen LogP contribution is 2.19. The minimum atomic E-state index is 0.231. The van der Waals surface area contributed by atoms with Gasteiger partial charge < -0.3 is 10.8 Å². The fourth-order valence-electron chi connectivity index (χ4n) is 2.47. The summed E-state index contributed by atoms with van der Waals surface area (Å²) in [5.41, 5.74) is 11.3. The number of hydrogen-bond acceptors (Lipinski definition) is 2. The summed E-state index contributed by atoms with van der Waals surface area (Å²) in [6.07, 6.45) is 2.02.